The number of oxime groups is 1. The van der Waals surface area contributed by atoms with E-state index < -0.39 is 30.4 Å². The summed E-state index contributed by atoms with van der Waals surface area (Å²) in [7, 11) is 2.33. The quantitative estimate of drug-likeness (QED) is 0.434. The molecule has 0 unspecified atom stereocenters. The predicted molar refractivity (Wildman–Crippen MR) is 70.3 cm³/mol. The molecule has 0 aliphatic carbocycles. The number of thiazole rings is 1. The van der Waals surface area contributed by atoms with Crippen LogP contribution >= 0.6 is 11.3 Å². The highest BCUT2D eigenvalue weighted by atomic mass is 32.1. The lowest BCUT2D eigenvalue weighted by Gasteiger charge is -2.00. The van der Waals surface area contributed by atoms with Gasteiger partial charge in [0.05, 0.1) is 14.2 Å². The fourth-order valence-electron chi connectivity index (χ4n) is 0.982. The van der Waals surface area contributed by atoms with E-state index in [1.165, 1.54) is 12.5 Å². The molecule has 0 saturated heterocycles. The van der Waals surface area contributed by atoms with Gasteiger partial charge >= 0.3 is 18.0 Å². The molecule has 1 aromatic heterocycles. The number of rotatable bonds is 6. The Morgan fingerprint density at radius 2 is 2.10 bits per heavy atom. The first-order chi connectivity index (χ1) is 9.97. The zero-order valence-corrected chi connectivity index (χ0v) is 11.8. The second-order valence-corrected chi connectivity index (χ2v) is 4.11. The molecular formula is C10H11N3O7S. The van der Waals surface area contributed by atoms with Crippen LogP contribution in [0.5, 0.6) is 0 Å². The number of carboxylic acid groups (broad SMARTS) is 1. The molecular weight excluding hydrogens is 306 g/mol. The number of nitrogens with zero attached hydrogens (tertiary/aromatic N) is 2. The molecule has 0 radical (unpaired) electrons. The molecule has 10 nitrogen and oxygen atoms in total. The third-order valence-corrected chi connectivity index (χ3v) is 2.67. The fraction of sp³-hybridized carbons (Fsp3) is 0.300. The Bertz CT molecular complexity index is 569. The number of aromatic nitrogens is 1. The highest BCUT2D eigenvalue weighted by molar-refractivity contribution is 7.14. The van der Waals surface area contributed by atoms with Gasteiger partial charge in [0, 0.05) is 5.38 Å². The Labute approximate surface area is 122 Å². The first-order valence-corrected chi connectivity index (χ1v) is 6.16. The number of carboxylic acids is 1. The predicted octanol–water partition coefficient (Wildman–Crippen LogP) is 0.300. The lowest BCUT2D eigenvalue weighted by atomic mass is 10.3. The van der Waals surface area contributed by atoms with E-state index in [-0.39, 0.29) is 10.8 Å². The third kappa shape index (κ3) is 5.06. The summed E-state index contributed by atoms with van der Waals surface area (Å²) >= 11 is 0.969. The molecule has 1 amide bonds. The summed E-state index contributed by atoms with van der Waals surface area (Å²) in [5, 5.41) is 16.1. The molecule has 0 aromatic carbocycles. The Kier molecular flexibility index (Phi) is 6.07. The zero-order chi connectivity index (χ0) is 15.8. The first-order valence-electron chi connectivity index (χ1n) is 5.28. The molecule has 0 aliphatic rings. The van der Waals surface area contributed by atoms with Gasteiger partial charge in [-0.25, -0.2) is 19.4 Å². The van der Waals surface area contributed by atoms with Crippen molar-refractivity contribution in [1.29, 1.82) is 0 Å². The Morgan fingerprint density at radius 1 is 1.38 bits per heavy atom. The van der Waals surface area contributed by atoms with Crippen LogP contribution in [0.4, 0.5) is 9.93 Å². The van der Waals surface area contributed by atoms with Crippen LogP contribution in [-0.2, 0) is 23.9 Å². The van der Waals surface area contributed by atoms with E-state index in [4.69, 9.17) is 5.11 Å². The number of amides is 1. The van der Waals surface area contributed by atoms with Crippen molar-refractivity contribution in [1.82, 2.24) is 4.98 Å². The number of carbonyl (C=O) groups is 3. The normalized spacial score (nSPS) is 10.7. The van der Waals surface area contributed by atoms with Gasteiger partial charge in [-0.2, -0.15) is 0 Å². The minimum atomic E-state index is -1.41. The molecule has 1 aromatic rings. The molecule has 21 heavy (non-hydrogen) atoms. The monoisotopic (exact) mass is 317 g/mol. The van der Waals surface area contributed by atoms with Gasteiger partial charge in [0.1, 0.15) is 5.69 Å². The lowest BCUT2D eigenvalue weighted by Crippen LogP contribution is -2.17. The van der Waals surface area contributed by atoms with Crippen LogP contribution in [0.15, 0.2) is 10.5 Å². The Balaban J connectivity index is 2.81. The third-order valence-electron chi connectivity index (χ3n) is 1.91. The second kappa shape index (κ2) is 7.79. The summed E-state index contributed by atoms with van der Waals surface area (Å²) in [5.74, 6) is -2.12. The van der Waals surface area contributed by atoms with Gasteiger partial charge in [0.2, 0.25) is 12.3 Å². The van der Waals surface area contributed by atoms with Crippen LogP contribution in [0.2, 0.25) is 0 Å². The van der Waals surface area contributed by atoms with E-state index in [0.717, 1.165) is 18.4 Å². The number of methoxy groups -OCH3 is 2. The Morgan fingerprint density at radius 3 is 2.67 bits per heavy atom. The van der Waals surface area contributed by atoms with Crippen molar-refractivity contribution in [3.8, 4) is 0 Å². The molecule has 1 rings (SSSR count). The van der Waals surface area contributed by atoms with Crippen LogP contribution in [0.25, 0.3) is 0 Å². The van der Waals surface area contributed by atoms with Gasteiger partial charge in [0.25, 0.3) is 0 Å². The smallest absolute Gasteiger partial charge is 0.413 e. The zero-order valence-electron chi connectivity index (χ0n) is 11.0. The number of aliphatic carboxylic acids is 1. The van der Waals surface area contributed by atoms with E-state index in [0.29, 0.717) is 0 Å². The number of anilines is 1. The second-order valence-electron chi connectivity index (χ2n) is 3.25. The molecule has 114 valence electrons. The fourth-order valence-corrected chi connectivity index (χ4v) is 1.66. The summed E-state index contributed by atoms with van der Waals surface area (Å²) in [6, 6.07) is 0. The molecule has 0 saturated carbocycles. The maximum absolute atomic E-state index is 11.1. The number of hydrogen-bond donors (Lipinski definition) is 2. The van der Waals surface area contributed by atoms with Crippen LogP contribution in [0, 0.1) is 0 Å². The largest absolute Gasteiger partial charge is 0.476 e. The minimum Gasteiger partial charge on any atom is -0.476 e. The topological polar surface area (TPSA) is 136 Å². The molecule has 0 spiro atoms. The van der Waals surface area contributed by atoms with Gasteiger partial charge in [-0.1, -0.05) is 5.16 Å². The highest BCUT2D eigenvalue weighted by Gasteiger charge is 2.18. The van der Waals surface area contributed by atoms with E-state index >= 15 is 0 Å². The molecule has 0 atom stereocenters. The van der Waals surface area contributed by atoms with E-state index in [1.54, 1.807) is 0 Å². The minimum absolute atomic E-state index is 0.0382. The van der Waals surface area contributed by atoms with Crippen LogP contribution in [0.3, 0.4) is 0 Å². The van der Waals surface area contributed by atoms with Crippen LogP contribution in [-0.4, -0.2) is 54.7 Å². The van der Waals surface area contributed by atoms with Gasteiger partial charge < -0.3 is 19.4 Å². The molecule has 11 heteroatoms. The van der Waals surface area contributed by atoms with Crippen molar-refractivity contribution in [3.05, 3.63) is 11.1 Å². The number of nitrogens with one attached hydrogen (secondary N) is 1. The van der Waals surface area contributed by atoms with Crippen molar-refractivity contribution in [2.45, 2.75) is 0 Å². The highest BCUT2D eigenvalue weighted by Crippen LogP contribution is 2.16. The SMILES string of the molecule is COC(=O)CO/N=C(/C(=O)O)c1csc(NC(=O)OC)n1. The number of hydrogen-bond acceptors (Lipinski definition) is 9. The van der Waals surface area contributed by atoms with Crippen molar-refractivity contribution in [2.75, 3.05) is 26.1 Å². The van der Waals surface area contributed by atoms with Crippen molar-refractivity contribution in [3.63, 3.8) is 0 Å². The van der Waals surface area contributed by atoms with E-state index in [9.17, 15) is 14.4 Å². The van der Waals surface area contributed by atoms with Gasteiger partial charge in [0.15, 0.2) is 5.13 Å². The van der Waals surface area contributed by atoms with Gasteiger partial charge in [-0.15, -0.1) is 11.3 Å². The van der Waals surface area contributed by atoms with Crippen molar-refractivity contribution >= 4 is 40.2 Å². The van der Waals surface area contributed by atoms with Crippen molar-refractivity contribution < 1.29 is 33.8 Å². The maximum Gasteiger partial charge on any atom is 0.413 e. The molecule has 0 aliphatic heterocycles. The summed E-state index contributed by atoms with van der Waals surface area (Å²) in [6.45, 7) is -0.537. The maximum atomic E-state index is 11.1. The number of ether oxygens (including phenoxy) is 2. The first kappa shape index (κ1) is 16.4. The van der Waals surface area contributed by atoms with E-state index in [2.05, 4.69) is 29.8 Å². The van der Waals surface area contributed by atoms with Gasteiger partial charge in [-0.3, -0.25) is 5.32 Å². The van der Waals surface area contributed by atoms with Crippen LogP contribution < -0.4 is 5.32 Å². The summed E-state index contributed by atoms with van der Waals surface area (Å²) < 4.78 is 8.67. The molecule has 0 bridgehead atoms. The van der Waals surface area contributed by atoms with Crippen LogP contribution in [0.1, 0.15) is 5.69 Å². The standard InChI is InChI=1S/C10H11N3O7S/c1-18-6(14)3-20-13-7(8(15)16)5-4-21-9(11-5)12-10(17)19-2/h4H,3H2,1-2H3,(H,15,16)(H,11,12,17)/b13-7+. The molecule has 0 fully saturated rings. The average Bonchev–Trinajstić information content (AvgIpc) is 2.90. The van der Waals surface area contributed by atoms with E-state index in [1.807, 2.05) is 0 Å². The molecule has 2 N–H and O–H groups in total. The number of esters is 1. The Hall–Kier alpha value is -2.69. The summed E-state index contributed by atoms with van der Waals surface area (Å²) in [5.41, 5.74) is -0.558. The lowest BCUT2D eigenvalue weighted by molar-refractivity contribution is -0.146. The summed E-state index contributed by atoms with van der Waals surface area (Å²) in [4.78, 5) is 41.3. The number of carbonyl (C=O) groups excluding carboxylic acids is 2. The molecule has 1 heterocycles. The van der Waals surface area contributed by atoms with Crippen molar-refractivity contribution in [2.24, 2.45) is 5.16 Å². The van der Waals surface area contributed by atoms with Gasteiger partial charge in [-0.05, 0) is 0 Å². The average molecular weight is 317 g/mol. The summed E-state index contributed by atoms with van der Waals surface area (Å²) in [6.07, 6.45) is -0.744.